The number of nitrogens with zero attached hydrogens (tertiary/aromatic N) is 1. The van der Waals surface area contributed by atoms with Crippen molar-refractivity contribution in [2.75, 3.05) is 11.9 Å². The first-order valence-electron chi connectivity index (χ1n) is 14.3. The van der Waals surface area contributed by atoms with E-state index in [-0.39, 0.29) is 22.2 Å². The van der Waals surface area contributed by atoms with Crippen LogP contribution in [0.5, 0.6) is 0 Å². The minimum atomic E-state index is -0.975. The SMILES string of the molecule is CN(Cc1ccccc1)c1c(-c2ccc(C(C)(C)C)cc2)cc(C(=O)/C=C/c2ccc(C(=O)O)cc2)cc1C(C)(C)C. The third-order valence-electron chi connectivity index (χ3n) is 7.49. The van der Waals surface area contributed by atoms with E-state index >= 15 is 0 Å². The molecule has 0 saturated carbocycles. The molecule has 1 N–H and O–H groups in total. The second-order valence-corrected chi connectivity index (χ2v) is 13.0. The van der Waals surface area contributed by atoms with Gasteiger partial charge in [0.15, 0.2) is 5.78 Å². The van der Waals surface area contributed by atoms with Crippen LogP contribution in [0.4, 0.5) is 5.69 Å². The smallest absolute Gasteiger partial charge is 0.335 e. The number of aromatic carboxylic acids is 1. The lowest BCUT2D eigenvalue weighted by molar-refractivity contribution is 0.0696. The highest BCUT2D eigenvalue weighted by molar-refractivity contribution is 6.08. The molecule has 0 aromatic heterocycles. The third kappa shape index (κ3) is 7.25. The standard InChI is InChI=1S/C38H41NO3/c1-37(2,3)31-20-18-28(19-21-31)32-23-30(34(40)22-15-26-13-16-29(17-14-26)36(41)42)24-33(38(4,5)6)35(32)39(7)25-27-11-9-8-10-12-27/h8-24H,25H2,1-7H3,(H,41,42)/b22-15+. The van der Waals surface area contributed by atoms with Gasteiger partial charge in [-0.3, -0.25) is 4.79 Å². The zero-order valence-corrected chi connectivity index (χ0v) is 25.7. The summed E-state index contributed by atoms with van der Waals surface area (Å²) in [4.78, 5) is 27.1. The molecule has 0 radical (unpaired) electrons. The van der Waals surface area contributed by atoms with E-state index in [2.05, 4.69) is 102 Å². The van der Waals surface area contributed by atoms with Crippen LogP contribution in [-0.2, 0) is 17.4 Å². The van der Waals surface area contributed by atoms with Gasteiger partial charge in [0.1, 0.15) is 0 Å². The molecule has 42 heavy (non-hydrogen) atoms. The first-order valence-corrected chi connectivity index (χ1v) is 14.3. The van der Waals surface area contributed by atoms with Crippen LogP contribution < -0.4 is 4.90 Å². The summed E-state index contributed by atoms with van der Waals surface area (Å²) in [6, 6.07) is 29.7. The van der Waals surface area contributed by atoms with Gasteiger partial charge in [-0.15, -0.1) is 0 Å². The van der Waals surface area contributed by atoms with Gasteiger partial charge < -0.3 is 10.0 Å². The number of carboxylic acid groups (broad SMARTS) is 1. The van der Waals surface area contributed by atoms with Crippen molar-refractivity contribution in [3.8, 4) is 11.1 Å². The van der Waals surface area contributed by atoms with E-state index in [1.807, 2.05) is 18.2 Å². The molecule has 0 aliphatic heterocycles. The second kappa shape index (κ2) is 12.2. The Labute approximate surface area is 250 Å². The average Bonchev–Trinajstić information content (AvgIpc) is 2.95. The summed E-state index contributed by atoms with van der Waals surface area (Å²) in [6.07, 6.45) is 3.30. The van der Waals surface area contributed by atoms with E-state index in [9.17, 15) is 14.7 Å². The van der Waals surface area contributed by atoms with E-state index in [4.69, 9.17) is 0 Å². The predicted molar refractivity (Wildman–Crippen MR) is 175 cm³/mol. The van der Waals surface area contributed by atoms with Crippen LogP contribution in [0.1, 0.15) is 84.5 Å². The molecule has 4 rings (SSSR count). The molecule has 4 aromatic carbocycles. The summed E-state index contributed by atoms with van der Waals surface area (Å²) in [5.74, 6) is -1.08. The van der Waals surface area contributed by atoms with Crippen LogP contribution >= 0.6 is 0 Å². The van der Waals surface area contributed by atoms with Gasteiger partial charge in [-0.05, 0) is 69.0 Å². The zero-order valence-electron chi connectivity index (χ0n) is 25.7. The van der Waals surface area contributed by atoms with Crippen molar-refractivity contribution >= 4 is 23.5 Å². The first kappa shape index (κ1) is 30.5. The number of anilines is 1. The fraction of sp³-hybridized carbons (Fsp3) is 0.263. The van der Waals surface area contributed by atoms with Gasteiger partial charge in [-0.2, -0.15) is 0 Å². The van der Waals surface area contributed by atoms with Crippen LogP contribution in [0.2, 0.25) is 0 Å². The lowest BCUT2D eigenvalue weighted by atomic mass is 9.80. The van der Waals surface area contributed by atoms with E-state index in [1.54, 1.807) is 36.4 Å². The van der Waals surface area contributed by atoms with Gasteiger partial charge in [0, 0.05) is 30.4 Å². The Hall–Kier alpha value is -4.44. The molecule has 0 aliphatic rings. The van der Waals surface area contributed by atoms with Gasteiger partial charge in [-0.25, -0.2) is 4.79 Å². The number of carboxylic acids is 1. The summed E-state index contributed by atoms with van der Waals surface area (Å²) >= 11 is 0. The molecule has 0 fully saturated rings. The molecule has 0 spiro atoms. The summed E-state index contributed by atoms with van der Waals surface area (Å²) < 4.78 is 0. The molecule has 0 saturated heterocycles. The molecule has 4 nitrogen and oxygen atoms in total. The van der Waals surface area contributed by atoms with Gasteiger partial charge >= 0.3 is 5.97 Å². The Morgan fingerprint density at radius 3 is 1.93 bits per heavy atom. The van der Waals surface area contributed by atoms with Crippen molar-refractivity contribution in [2.24, 2.45) is 0 Å². The van der Waals surface area contributed by atoms with E-state index < -0.39 is 5.97 Å². The number of hydrogen-bond donors (Lipinski definition) is 1. The number of hydrogen-bond acceptors (Lipinski definition) is 3. The molecule has 0 bridgehead atoms. The third-order valence-corrected chi connectivity index (χ3v) is 7.49. The van der Waals surface area contributed by atoms with Crippen molar-refractivity contribution in [3.63, 3.8) is 0 Å². The normalized spacial score (nSPS) is 12.0. The predicted octanol–water partition coefficient (Wildman–Crippen LogP) is 9.18. The van der Waals surface area contributed by atoms with Crippen molar-refractivity contribution in [1.82, 2.24) is 0 Å². The van der Waals surface area contributed by atoms with Gasteiger partial charge in [-0.1, -0.05) is 114 Å². The van der Waals surface area contributed by atoms with Crippen LogP contribution in [0.3, 0.4) is 0 Å². The van der Waals surface area contributed by atoms with Crippen LogP contribution in [0.15, 0.2) is 97.1 Å². The maximum absolute atomic E-state index is 13.6. The first-order chi connectivity index (χ1) is 19.7. The van der Waals surface area contributed by atoms with E-state index in [0.29, 0.717) is 5.56 Å². The highest BCUT2D eigenvalue weighted by Crippen LogP contribution is 2.42. The zero-order chi connectivity index (χ0) is 30.7. The second-order valence-electron chi connectivity index (χ2n) is 13.0. The molecule has 0 unspecified atom stereocenters. The number of benzene rings is 4. The molecular formula is C38H41NO3. The Balaban J connectivity index is 1.84. The van der Waals surface area contributed by atoms with Crippen LogP contribution in [0.25, 0.3) is 17.2 Å². The van der Waals surface area contributed by atoms with E-state index in [1.165, 1.54) is 11.1 Å². The van der Waals surface area contributed by atoms with Crippen molar-refractivity contribution < 1.29 is 14.7 Å². The number of carbonyl (C=O) groups excluding carboxylic acids is 1. The molecule has 216 valence electrons. The van der Waals surface area contributed by atoms with Gasteiger partial charge in [0.25, 0.3) is 0 Å². The van der Waals surface area contributed by atoms with E-state index in [0.717, 1.165) is 34.5 Å². The Morgan fingerprint density at radius 1 is 0.762 bits per heavy atom. The monoisotopic (exact) mass is 559 g/mol. The van der Waals surface area contributed by atoms with Gasteiger partial charge in [0.2, 0.25) is 0 Å². The molecule has 4 heteroatoms. The maximum atomic E-state index is 13.6. The number of allylic oxidation sites excluding steroid dienone is 1. The van der Waals surface area contributed by atoms with Gasteiger partial charge in [0.05, 0.1) is 5.56 Å². The molecular weight excluding hydrogens is 518 g/mol. The lowest BCUT2D eigenvalue weighted by Crippen LogP contribution is -2.24. The maximum Gasteiger partial charge on any atom is 0.335 e. The van der Waals surface area contributed by atoms with Crippen molar-refractivity contribution in [1.29, 1.82) is 0 Å². The quantitative estimate of drug-likeness (QED) is 0.173. The molecule has 0 heterocycles. The average molecular weight is 560 g/mol. The molecule has 4 aromatic rings. The van der Waals surface area contributed by atoms with Crippen LogP contribution in [-0.4, -0.2) is 23.9 Å². The summed E-state index contributed by atoms with van der Waals surface area (Å²) in [5, 5.41) is 9.18. The highest BCUT2D eigenvalue weighted by atomic mass is 16.4. The van der Waals surface area contributed by atoms with Crippen LogP contribution in [0, 0.1) is 0 Å². The minimum absolute atomic E-state index is 0.0350. The fourth-order valence-corrected chi connectivity index (χ4v) is 5.07. The topological polar surface area (TPSA) is 57.6 Å². The molecule has 0 aliphatic carbocycles. The minimum Gasteiger partial charge on any atom is -0.478 e. The summed E-state index contributed by atoms with van der Waals surface area (Å²) in [5.41, 5.74) is 8.16. The van der Waals surface area contributed by atoms with Crippen molar-refractivity contribution in [3.05, 3.63) is 130 Å². The Kier molecular flexibility index (Phi) is 8.86. The summed E-state index contributed by atoms with van der Waals surface area (Å²) in [6.45, 7) is 13.9. The molecule has 0 atom stereocenters. The Morgan fingerprint density at radius 2 is 1.38 bits per heavy atom. The molecule has 0 amide bonds. The largest absolute Gasteiger partial charge is 0.478 e. The Bertz CT molecular complexity index is 1580. The van der Waals surface area contributed by atoms with Crippen molar-refractivity contribution in [2.45, 2.75) is 58.9 Å². The number of carbonyl (C=O) groups is 2. The number of rotatable bonds is 8. The lowest BCUT2D eigenvalue weighted by Gasteiger charge is -2.32. The highest BCUT2D eigenvalue weighted by Gasteiger charge is 2.26. The fourth-order valence-electron chi connectivity index (χ4n) is 5.07. The number of ketones is 1. The summed E-state index contributed by atoms with van der Waals surface area (Å²) in [7, 11) is 2.12.